The summed E-state index contributed by atoms with van der Waals surface area (Å²) in [6, 6.07) is 9.73. The number of hydrogen-bond acceptors (Lipinski definition) is 3. The first-order chi connectivity index (χ1) is 11.2. The van der Waals surface area contributed by atoms with Crippen LogP contribution in [0.2, 0.25) is 5.02 Å². The molecule has 1 amide bonds. The predicted molar refractivity (Wildman–Crippen MR) is 92.2 cm³/mol. The van der Waals surface area contributed by atoms with Gasteiger partial charge in [-0.2, -0.15) is 0 Å². The van der Waals surface area contributed by atoms with E-state index in [-0.39, 0.29) is 28.1 Å². The molecule has 2 rings (SSSR count). The van der Waals surface area contributed by atoms with E-state index >= 15 is 0 Å². The van der Waals surface area contributed by atoms with Crippen LogP contribution < -0.4 is 10.0 Å². The van der Waals surface area contributed by atoms with E-state index in [4.69, 9.17) is 11.6 Å². The highest BCUT2D eigenvalue weighted by molar-refractivity contribution is 7.92. The molecule has 0 unspecified atom stereocenters. The monoisotopic (exact) mass is 370 g/mol. The summed E-state index contributed by atoms with van der Waals surface area (Å²) in [5.41, 5.74) is 1.12. The topological polar surface area (TPSA) is 75.3 Å². The lowest BCUT2D eigenvalue weighted by atomic mass is 10.1. The van der Waals surface area contributed by atoms with Gasteiger partial charge in [-0.05, 0) is 42.8 Å². The molecule has 2 aromatic rings. The number of sulfonamides is 1. The third-order valence-electron chi connectivity index (χ3n) is 3.24. The van der Waals surface area contributed by atoms with Crippen LogP contribution in [0.15, 0.2) is 42.5 Å². The average molecular weight is 371 g/mol. The van der Waals surface area contributed by atoms with Gasteiger partial charge in [0.05, 0.1) is 23.0 Å². The minimum atomic E-state index is -3.51. The Hall–Kier alpha value is -2.12. The largest absolute Gasteiger partial charge is 0.346 e. The fourth-order valence-corrected chi connectivity index (χ4v) is 2.85. The molecular formula is C16H16ClFN2O3S. The molecule has 0 bridgehead atoms. The van der Waals surface area contributed by atoms with Crippen molar-refractivity contribution in [3.8, 4) is 0 Å². The molecule has 0 saturated heterocycles. The lowest BCUT2D eigenvalue weighted by Gasteiger charge is -2.15. The van der Waals surface area contributed by atoms with Crippen molar-refractivity contribution in [3.05, 3.63) is 64.4 Å². The quantitative estimate of drug-likeness (QED) is 0.847. The fourth-order valence-electron chi connectivity index (χ4n) is 2.06. The van der Waals surface area contributed by atoms with Crippen LogP contribution in [-0.2, 0) is 10.0 Å². The van der Waals surface area contributed by atoms with Gasteiger partial charge in [-0.3, -0.25) is 9.52 Å². The Kier molecular flexibility index (Phi) is 5.46. The van der Waals surface area contributed by atoms with Crippen LogP contribution in [-0.4, -0.2) is 20.6 Å². The van der Waals surface area contributed by atoms with Crippen LogP contribution >= 0.6 is 11.6 Å². The molecular weight excluding hydrogens is 355 g/mol. The first-order valence-electron chi connectivity index (χ1n) is 6.99. The number of rotatable bonds is 5. The van der Waals surface area contributed by atoms with Crippen molar-refractivity contribution in [2.75, 3.05) is 11.0 Å². The van der Waals surface area contributed by atoms with Gasteiger partial charge in [0.2, 0.25) is 10.0 Å². The maximum atomic E-state index is 12.9. The number of carbonyl (C=O) groups is 1. The Morgan fingerprint density at radius 1 is 1.17 bits per heavy atom. The third-order valence-corrected chi connectivity index (χ3v) is 4.16. The molecule has 2 aromatic carbocycles. The Morgan fingerprint density at radius 3 is 2.38 bits per heavy atom. The van der Waals surface area contributed by atoms with E-state index < -0.39 is 15.9 Å². The van der Waals surface area contributed by atoms with Gasteiger partial charge >= 0.3 is 0 Å². The lowest BCUT2D eigenvalue weighted by Crippen LogP contribution is -2.26. The van der Waals surface area contributed by atoms with Crippen LogP contribution in [0.4, 0.5) is 10.1 Å². The smallest absolute Gasteiger partial charge is 0.251 e. The molecule has 0 aromatic heterocycles. The first kappa shape index (κ1) is 18.2. The minimum Gasteiger partial charge on any atom is -0.346 e. The highest BCUT2D eigenvalue weighted by atomic mass is 35.5. The summed E-state index contributed by atoms with van der Waals surface area (Å²) in [5, 5.41) is 2.94. The normalized spacial score (nSPS) is 12.5. The zero-order valence-corrected chi connectivity index (χ0v) is 14.6. The molecule has 0 radical (unpaired) electrons. The standard InChI is InChI=1S/C16H16ClFN2O3S/c1-10(11-3-6-13(18)7-4-11)19-16(21)12-5-8-14(17)15(9-12)20-24(2,22)23/h3-10,20H,1-2H3,(H,19,21)/t10-/m1/s1. The molecule has 0 fully saturated rings. The molecule has 0 saturated carbocycles. The predicted octanol–water partition coefficient (Wildman–Crippen LogP) is 3.34. The van der Waals surface area contributed by atoms with Crippen LogP contribution in [0.3, 0.4) is 0 Å². The van der Waals surface area contributed by atoms with Crippen molar-refractivity contribution in [3.63, 3.8) is 0 Å². The van der Waals surface area contributed by atoms with E-state index in [0.717, 1.165) is 11.8 Å². The van der Waals surface area contributed by atoms with Gasteiger partial charge in [-0.25, -0.2) is 12.8 Å². The molecule has 2 N–H and O–H groups in total. The van der Waals surface area contributed by atoms with Crippen molar-refractivity contribution < 1.29 is 17.6 Å². The van der Waals surface area contributed by atoms with Gasteiger partial charge in [0, 0.05) is 5.56 Å². The van der Waals surface area contributed by atoms with Gasteiger partial charge in [-0.15, -0.1) is 0 Å². The zero-order chi connectivity index (χ0) is 17.9. The molecule has 0 aliphatic heterocycles. The summed E-state index contributed by atoms with van der Waals surface area (Å²) in [7, 11) is -3.51. The Balaban J connectivity index is 2.17. The number of benzene rings is 2. The van der Waals surface area contributed by atoms with Crippen LogP contribution in [0.5, 0.6) is 0 Å². The van der Waals surface area contributed by atoms with Crippen LogP contribution in [0, 0.1) is 5.82 Å². The van der Waals surface area contributed by atoms with Crippen molar-refractivity contribution >= 4 is 33.2 Å². The van der Waals surface area contributed by atoms with Gasteiger partial charge in [0.25, 0.3) is 5.91 Å². The maximum absolute atomic E-state index is 12.9. The number of amides is 1. The molecule has 0 aliphatic carbocycles. The molecule has 128 valence electrons. The molecule has 5 nitrogen and oxygen atoms in total. The number of halogens is 2. The van der Waals surface area contributed by atoms with E-state index in [9.17, 15) is 17.6 Å². The first-order valence-corrected chi connectivity index (χ1v) is 9.26. The summed E-state index contributed by atoms with van der Waals surface area (Å²) < 4.78 is 37.8. The highest BCUT2D eigenvalue weighted by Crippen LogP contribution is 2.24. The van der Waals surface area contributed by atoms with Gasteiger partial charge in [0.15, 0.2) is 0 Å². The van der Waals surface area contributed by atoms with Gasteiger partial charge in [0.1, 0.15) is 5.82 Å². The van der Waals surface area contributed by atoms with Crippen molar-refractivity contribution in [1.82, 2.24) is 5.32 Å². The Labute approximate surface area is 144 Å². The molecule has 0 aliphatic rings. The van der Waals surface area contributed by atoms with E-state index in [0.29, 0.717) is 0 Å². The maximum Gasteiger partial charge on any atom is 0.251 e. The second-order valence-corrected chi connectivity index (χ2v) is 7.47. The van der Waals surface area contributed by atoms with Crippen molar-refractivity contribution in [2.45, 2.75) is 13.0 Å². The number of carbonyl (C=O) groups excluding carboxylic acids is 1. The van der Waals surface area contributed by atoms with E-state index in [2.05, 4.69) is 10.0 Å². The lowest BCUT2D eigenvalue weighted by molar-refractivity contribution is 0.0940. The van der Waals surface area contributed by atoms with Crippen molar-refractivity contribution in [1.29, 1.82) is 0 Å². The molecule has 0 heterocycles. The molecule has 8 heteroatoms. The van der Waals surface area contributed by atoms with Gasteiger partial charge < -0.3 is 5.32 Å². The Morgan fingerprint density at radius 2 is 1.79 bits per heavy atom. The second kappa shape index (κ2) is 7.19. The van der Waals surface area contributed by atoms with E-state index in [1.165, 1.54) is 30.3 Å². The third kappa shape index (κ3) is 4.94. The molecule has 1 atom stereocenters. The van der Waals surface area contributed by atoms with Crippen LogP contribution in [0.25, 0.3) is 0 Å². The summed E-state index contributed by atoms with van der Waals surface area (Å²) in [6.45, 7) is 1.76. The fraction of sp³-hybridized carbons (Fsp3) is 0.188. The average Bonchev–Trinajstić information content (AvgIpc) is 2.48. The minimum absolute atomic E-state index is 0.126. The summed E-state index contributed by atoms with van der Waals surface area (Å²) in [5.74, 6) is -0.758. The molecule has 0 spiro atoms. The van der Waals surface area contributed by atoms with Crippen LogP contribution in [0.1, 0.15) is 28.9 Å². The second-order valence-electron chi connectivity index (χ2n) is 5.32. The zero-order valence-electron chi connectivity index (χ0n) is 13.0. The van der Waals surface area contributed by atoms with E-state index in [1.807, 2.05) is 0 Å². The summed E-state index contributed by atoms with van der Waals surface area (Å²) in [6.07, 6.45) is 0.993. The summed E-state index contributed by atoms with van der Waals surface area (Å²) >= 11 is 5.93. The number of anilines is 1. The SMILES string of the molecule is C[C@@H](NC(=O)c1ccc(Cl)c(NS(C)(=O)=O)c1)c1ccc(F)cc1. The van der Waals surface area contributed by atoms with Crippen molar-refractivity contribution in [2.24, 2.45) is 0 Å². The molecule has 24 heavy (non-hydrogen) atoms. The van der Waals surface area contributed by atoms with Gasteiger partial charge in [-0.1, -0.05) is 23.7 Å². The number of hydrogen-bond donors (Lipinski definition) is 2. The summed E-state index contributed by atoms with van der Waals surface area (Å²) in [4.78, 5) is 12.3. The van der Waals surface area contributed by atoms with E-state index in [1.54, 1.807) is 19.1 Å². The highest BCUT2D eigenvalue weighted by Gasteiger charge is 2.14. The number of nitrogens with one attached hydrogen (secondary N) is 2. The Bertz CT molecular complexity index is 854.